The van der Waals surface area contributed by atoms with Crippen LogP contribution in [-0.4, -0.2) is 11.7 Å². The minimum Gasteiger partial charge on any atom is -0.321 e. The Labute approximate surface area is 133 Å². The molecule has 2 rings (SSSR count). The van der Waals surface area contributed by atoms with Crippen LogP contribution in [0.25, 0.3) is 0 Å². The van der Waals surface area contributed by atoms with Crippen molar-refractivity contribution in [3.05, 3.63) is 57.7 Å². The van der Waals surface area contributed by atoms with Gasteiger partial charge >= 0.3 is 0 Å². The van der Waals surface area contributed by atoms with Crippen LogP contribution in [0.5, 0.6) is 0 Å². The zero-order valence-corrected chi connectivity index (χ0v) is 13.1. The maximum atomic E-state index is 12.5. The van der Waals surface area contributed by atoms with Crippen molar-refractivity contribution in [1.29, 1.82) is 0 Å². The molecule has 0 saturated heterocycles. The second kappa shape index (κ2) is 7.03. The summed E-state index contributed by atoms with van der Waals surface area (Å²) in [6.07, 6.45) is 0. The summed E-state index contributed by atoms with van der Waals surface area (Å²) in [5.74, 6) is -2.83. The van der Waals surface area contributed by atoms with Gasteiger partial charge in [0.25, 0.3) is 11.7 Å². The van der Waals surface area contributed by atoms with Gasteiger partial charge in [-0.1, -0.05) is 36.0 Å². The Morgan fingerprint density at radius 3 is 2.45 bits per heavy atom. The molecule has 0 aliphatic carbocycles. The lowest BCUT2D eigenvalue weighted by molar-refractivity contribution is 0.102. The summed E-state index contributed by atoms with van der Waals surface area (Å²) in [5.41, 5.74) is 0.910. The fourth-order valence-electron chi connectivity index (χ4n) is 1.60. The summed E-state index contributed by atoms with van der Waals surface area (Å²) < 4.78 is 25.8. The van der Waals surface area contributed by atoms with E-state index in [-0.39, 0.29) is 5.91 Å². The molecule has 1 amide bonds. The number of halogens is 3. The van der Waals surface area contributed by atoms with E-state index in [1.807, 2.05) is 12.1 Å². The predicted molar refractivity (Wildman–Crippen MR) is 85.4 cm³/mol. The first-order chi connectivity index (χ1) is 9.58. The Bertz CT molecular complexity index is 622. The molecule has 104 valence electrons. The number of nitrogens with one attached hydrogen (secondary N) is 1. The zero-order chi connectivity index (χ0) is 14.5. The summed E-state index contributed by atoms with van der Waals surface area (Å²) in [4.78, 5) is 12.5. The number of carbonyl (C=O) groups excluding carboxylic acids is 1. The van der Waals surface area contributed by atoms with Gasteiger partial charge in [-0.25, -0.2) is 0 Å². The number of thioether (sulfide) groups is 1. The molecule has 2 aromatic carbocycles. The quantitative estimate of drug-likeness (QED) is 0.582. The molecule has 0 bridgehead atoms. The highest BCUT2D eigenvalue weighted by molar-refractivity contribution is 14.1. The smallest absolute Gasteiger partial charge is 0.288 e. The first-order valence-corrected chi connectivity index (χ1v) is 7.63. The van der Waals surface area contributed by atoms with Crippen molar-refractivity contribution in [2.75, 3.05) is 5.32 Å². The van der Waals surface area contributed by atoms with Crippen molar-refractivity contribution < 1.29 is 13.6 Å². The normalized spacial score (nSPS) is 10.6. The van der Waals surface area contributed by atoms with E-state index in [1.165, 1.54) is 0 Å². The van der Waals surface area contributed by atoms with Gasteiger partial charge in [0.05, 0.1) is 11.3 Å². The number of hydrogen-bond donors (Lipinski definition) is 1. The highest BCUT2D eigenvalue weighted by Crippen LogP contribution is 2.32. The van der Waals surface area contributed by atoms with Crippen molar-refractivity contribution in [1.82, 2.24) is 0 Å². The van der Waals surface area contributed by atoms with Gasteiger partial charge in [0, 0.05) is 8.47 Å². The second-order valence-corrected chi connectivity index (χ2v) is 6.00. The molecule has 1 N–H and O–H groups in total. The number of hydrogen-bond acceptors (Lipinski definition) is 2. The summed E-state index contributed by atoms with van der Waals surface area (Å²) in [6.45, 7) is 0. The van der Waals surface area contributed by atoms with Gasteiger partial charge < -0.3 is 5.32 Å². The minimum atomic E-state index is -2.52. The Morgan fingerprint density at radius 1 is 1.10 bits per heavy atom. The van der Waals surface area contributed by atoms with Crippen molar-refractivity contribution in [3.63, 3.8) is 0 Å². The van der Waals surface area contributed by atoms with E-state index in [2.05, 4.69) is 27.9 Å². The summed E-state index contributed by atoms with van der Waals surface area (Å²) in [7, 11) is 0. The molecule has 2 nitrogen and oxygen atoms in total. The van der Waals surface area contributed by atoms with Crippen LogP contribution >= 0.6 is 34.4 Å². The number of anilines is 1. The monoisotopic (exact) mass is 405 g/mol. The lowest BCUT2D eigenvalue weighted by Crippen LogP contribution is -2.14. The summed E-state index contributed by atoms with van der Waals surface area (Å²) >= 11 is 2.48. The summed E-state index contributed by atoms with van der Waals surface area (Å²) in [5, 5.41) is 2.68. The molecule has 0 radical (unpaired) electrons. The Balaban J connectivity index is 2.22. The molecule has 0 aliphatic rings. The molecular formula is C14H10F2INOS. The molecule has 0 aliphatic heterocycles. The highest BCUT2D eigenvalue weighted by Gasteiger charge is 2.14. The van der Waals surface area contributed by atoms with Crippen molar-refractivity contribution in [3.8, 4) is 0 Å². The third-order valence-corrected chi connectivity index (χ3v) is 4.20. The average molecular weight is 405 g/mol. The number of alkyl halides is 2. The standard InChI is InChI=1S/C14H10F2INOS/c15-14(16)20-12-8-4-3-7-11(12)18-13(19)9-5-1-2-6-10(9)17/h1-8,14H,(H,18,19). The number of para-hydroxylation sites is 1. The molecule has 0 atom stereocenters. The summed E-state index contributed by atoms with van der Waals surface area (Å²) in [6, 6.07) is 13.6. The first kappa shape index (κ1) is 15.2. The average Bonchev–Trinajstić information content (AvgIpc) is 2.41. The molecule has 0 heterocycles. The highest BCUT2D eigenvalue weighted by atomic mass is 127. The van der Waals surface area contributed by atoms with E-state index in [1.54, 1.807) is 36.4 Å². The fraction of sp³-hybridized carbons (Fsp3) is 0.0714. The van der Waals surface area contributed by atoms with Crippen molar-refractivity contribution in [2.45, 2.75) is 10.7 Å². The SMILES string of the molecule is O=C(Nc1ccccc1SC(F)F)c1ccccc1I. The van der Waals surface area contributed by atoms with Crippen molar-refractivity contribution >= 4 is 45.9 Å². The molecule has 2 aromatic rings. The van der Waals surface area contributed by atoms with E-state index in [0.29, 0.717) is 27.9 Å². The Morgan fingerprint density at radius 2 is 1.75 bits per heavy atom. The maximum absolute atomic E-state index is 12.5. The maximum Gasteiger partial charge on any atom is 0.288 e. The van der Waals surface area contributed by atoms with Crippen LogP contribution in [0.15, 0.2) is 53.4 Å². The van der Waals surface area contributed by atoms with Gasteiger partial charge in [0.2, 0.25) is 0 Å². The van der Waals surface area contributed by atoms with Crippen LogP contribution in [-0.2, 0) is 0 Å². The minimum absolute atomic E-state index is 0.308. The number of benzene rings is 2. The largest absolute Gasteiger partial charge is 0.321 e. The number of amides is 1. The van der Waals surface area contributed by atoms with E-state index in [0.717, 1.165) is 3.57 Å². The van der Waals surface area contributed by atoms with Gasteiger partial charge in [0.1, 0.15) is 0 Å². The zero-order valence-electron chi connectivity index (χ0n) is 10.1. The molecule has 0 spiro atoms. The topological polar surface area (TPSA) is 29.1 Å². The molecule has 0 aromatic heterocycles. The lowest BCUT2D eigenvalue weighted by atomic mass is 10.2. The van der Waals surface area contributed by atoms with E-state index in [9.17, 15) is 13.6 Å². The Hall–Kier alpha value is -1.15. The van der Waals surface area contributed by atoms with Crippen LogP contribution in [0.4, 0.5) is 14.5 Å². The van der Waals surface area contributed by atoms with E-state index in [4.69, 9.17) is 0 Å². The molecule has 0 saturated carbocycles. The van der Waals surface area contributed by atoms with Crippen LogP contribution in [0, 0.1) is 3.57 Å². The third kappa shape index (κ3) is 3.92. The predicted octanol–water partition coefficient (Wildman–Crippen LogP) is 4.86. The fourth-order valence-corrected chi connectivity index (χ4v) is 2.83. The van der Waals surface area contributed by atoms with Crippen LogP contribution < -0.4 is 5.32 Å². The van der Waals surface area contributed by atoms with Crippen molar-refractivity contribution in [2.24, 2.45) is 0 Å². The van der Waals surface area contributed by atoms with Crippen LogP contribution in [0.1, 0.15) is 10.4 Å². The van der Waals surface area contributed by atoms with Crippen LogP contribution in [0.2, 0.25) is 0 Å². The Kier molecular flexibility index (Phi) is 5.36. The third-order valence-electron chi connectivity index (χ3n) is 2.47. The number of carbonyl (C=O) groups is 1. The van der Waals surface area contributed by atoms with Crippen LogP contribution in [0.3, 0.4) is 0 Å². The first-order valence-electron chi connectivity index (χ1n) is 5.67. The molecule has 0 unspecified atom stereocenters. The molecule has 20 heavy (non-hydrogen) atoms. The van der Waals surface area contributed by atoms with Gasteiger partial charge in [-0.05, 0) is 46.9 Å². The van der Waals surface area contributed by atoms with Gasteiger partial charge in [-0.15, -0.1) is 0 Å². The van der Waals surface area contributed by atoms with E-state index >= 15 is 0 Å². The number of rotatable bonds is 4. The van der Waals surface area contributed by atoms with Gasteiger partial charge in [0.15, 0.2) is 0 Å². The second-order valence-electron chi connectivity index (χ2n) is 3.81. The van der Waals surface area contributed by atoms with Gasteiger partial charge in [-0.2, -0.15) is 8.78 Å². The molecular weight excluding hydrogens is 395 g/mol. The lowest BCUT2D eigenvalue weighted by Gasteiger charge is -2.11. The van der Waals surface area contributed by atoms with Gasteiger partial charge in [-0.3, -0.25) is 4.79 Å². The molecule has 6 heteroatoms. The molecule has 0 fully saturated rings. The van der Waals surface area contributed by atoms with E-state index < -0.39 is 5.76 Å².